The van der Waals surface area contributed by atoms with Gasteiger partial charge < -0.3 is 4.90 Å². The minimum absolute atomic E-state index is 0.647. The second kappa shape index (κ2) is 4.95. The van der Waals surface area contributed by atoms with Crippen LogP contribution in [-0.4, -0.2) is 27.9 Å². The van der Waals surface area contributed by atoms with Gasteiger partial charge >= 0.3 is 0 Å². The first-order valence-electron chi connectivity index (χ1n) is 5.03. The van der Waals surface area contributed by atoms with Crippen LogP contribution >= 0.6 is 38.5 Å². The monoisotopic (exact) mass is 381 g/mol. The van der Waals surface area contributed by atoms with Gasteiger partial charge in [-0.25, -0.2) is 9.97 Å². The maximum Gasteiger partial charge on any atom is 0.145 e. The summed E-state index contributed by atoms with van der Waals surface area (Å²) in [5.74, 6) is 1.75. The summed E-state index contributed by atoms with van der Waals surface area (Å²) in [7, 11) is 0. The van der Waals surface area contributed by atoms with E-state index in [0.717, 1.165) is 22.5 Å². The van der Waals surface area contributed by atoms with E-state index < -0.39 is 0 Å². The van der Waals surface area contributed by atoms with E-state index in [1.54, 1.807) is 6.33 Å². The average molecular weight is 382 g/mol. The fourth-order valence-corrected chi connectivity index (χ4v) is 2.86. The summed E-state index contributed by atoms with van der Waals surface area (Å²) in [5.41, 5.74) is 0. The standard InChI is InChI=1S/C10H13BrIN3/c1-7-5-15(3-2-8(7)11)10-9(12)4-13-6-14-10/h4,6-8H,2-3,5H2,1H3. The van der Waals surface area contributed by atoms with Crippen molar-refractivity contribution < 1.29 is 0 Å². The highest BCUT2D eigenvalue weighted by atomic mass is 127. The first kappa shape index (κ1) is 11.6. The lowest BCUT2D eigenvalue weighted by molar-refractivity contribution is 0.463. The number of nitrogens with zero attached hydrogens (tertiary/aromatic N) is 3. The lowest BCUT2D eigenvalue weighted by Gasteiger charge is -2.35. The van der Waals surface area contributed by atoms with E-state index in [2.05, 4.69) is 60.3 Å². The van der Waals surface area contributed by atoms with Crippen molar-refractivity contribution in [1.82, 2.24) is 9.97 Å². The van der Waals surface area contributed by atoms with Gasteiger partial charge in [0.25, 0.3) is 0 Å². The Hall–Kier alpha value is 0.0900. The highest BCUT2D eigenvalue weighted by molar-refractivity contribution is 14.1. The van der Waals surface area contributed by atoms with Crippen LogP contribution in [0.5, 0.6) is 0 Å². The number of hydrogen-bond donors (Lipinski definition) is 0. The van der Waals surface area contributed by atoms with Crippen molar-refractivity contribution in [1.29, 1.82) is 0 Å². The fourth-order valence-electron chi connectivity index (χ4n) is 1.85. The lowest BCUT2D eigenvalue weighted by atomic mass is 10.0. The Kier molecular flexibility index (Phi) is 3.82. The molecule has 2 rings (SSSR count). The van der Waals surface area contributed by atoms with Crippen LogP contribution in [0.2, 0.25) is 0 Å². The predicted octanol–water partition coefficient (Wildman–Crippen LogP) is 2.69. The SMILES string of the molecule is CC1CN(c2ncncc2I)CCC1Br. The zero-order valence-electron chi connectivity index (χ0n) is 8.53. The van der Waals surface area contributed by atoms with Crippen LogP contribution in [0.15, 0.2) is 12.5 Å². The van der Waals surface area contributed by atoms with E-state index in [1.807, 2.05) is 6.20 Å². The third kappa shape index (κ3) is 2.61. The topological polar surface area (TPSA) is 29.0 Å². The molecule has 2 heterocycles. The van der Waals surface area contributed by atoms with Crippen LogP contribution < -0.4 is 4.90 Å². The molecule has 3 nitrogen and oxygen atoms in total. The van der Waals surface area contributed by atoms with Crippen LogP contribution in [0.25, 0.3) is 0 Å². The van der Waals surface area contributed by atoms with Crippen molar-refractivity contribution in [3.63, 3.8) is 0 Å². The molecular weight excluding hydrogens is 369 g/mol. The van der Waals surface area contributed by atoms with Crippen molar-refractivity contribution in [3.8, 4) is 0 Å². The number of aromatic nitrogens is 2. The van der Waals surface area contributed by atoms with Gasteiger partial charge in [0, 0.05) is 24.1 Å². The normalized spacial score (nSPS) is 26.7. The molecule has 1 aromatic heterocycles. The van der Waals surface area contributed by atoms with Gasteiger partial charge in [0.15, 0.2) is 0 Å². The van der Waals surface area contributed by atoms with E-state index >= 15 is 0 Å². The largest absolute Gasteiger partial charge is 0.355 e. The minimum atomic E-state index is 0.647. The highest BCUT2D eigenvalue weighted by Gasteiger charge is 2.25. The third-order valence-electron chi connectivity index (χ3n) is 2.75. The molecule has 1 aliphatic heterocycles. The van der Waals surface area contributed by atoms with Crippen molar-refractivity contribution >= 4 is 44.3 Å². The van der Waals surface area contributed by atoms with Gasteiger partial charge in [-0.2, -0.15) is 0 Å². The zero-order chi connectivity index (χ0) is 10.8. The molecule has 0 spiro atoms. The van der Waals surface area contributed by atoms with Crippen LogP contribution in [0.3, 0.4) is 0 Å². The van der Waals surface area contributed by atoms with Gasteiger partial charge in [0.1, 0.15) is 12.1 Å². The van der Waals surface area contributed by atoms with Gasteiger partial charge in [0.2, 0.25) is 0 Å². The molecule has 82 valence electrons. The molecule has 2 unspecified atom stereocenters. The van der Waals surface area contributed by atoms with E-state index in [0.29, 0.717) is 10.7 Å². The third-order valence-corrected chi connectivity index (χ3v) is 4.87. The van der Waals surface area contributed by atoms with E-state index in [1.165, 1.54) is 6.42 Å². The Morgan fingerprint density at radius 1 is 1.60 bits per heavy atom. The van der Waals surface area contributed by atoms with Crippen molar-refractivity contribution in [2.75, 3.05) is 18.0 Å². The quantitative estimate of drug-likeness (QED) is 0.553. The fraction of sp³-hybridized carbons (Fsp3) is 0.600. The zero-order valence-corrected chi connectivity index (χ0v) is 12.3. The molecule has 15 heavy (non-hydrogen) atoms. The van der Waals surface area contributed by atoms with Gasteiger partial charge in [-0.15, -0.1) is 0 Å². The lowest BCUT2D eigenvalue weighted by Crippen LogP contribution is -2.40. The van der Waals surface area contributed by atoms with E-state index in [-0.39, 0.29) is 0 Å². The summed E-state index contributed by atoms with van der Waals surface area (Å²) >= 11 is 6.01. The molecule has 0 aromatic carbocycles. The average Bonchev–Trinajstić information content (AvgIpc) is 2.23. The summed E-state index contributed by atoms with van der Waals surface area (Å²) in [4.78, 5) is 11.4. The molecule has 1 fully saturated rings. The molecule has 1 saturated heterocycles. The Morgan fingerprint density at radius 3 is 3.07 bits per heavy atom. The smallest absolute Gasteiger partial charge is 0.145 e. The van der Waals surface area contributed by atoms with Crippen molar-refractivity contribution in [2.45, 2.75) is 18.2 Å². The van der Waals surface area contributed by atoms with Crippen LogP contribution in [0.1, 0.15) is 13.3 Å². The van der Waals surface area contributed by atoms with Gasteiger partial charge in [-0.05, 0) is 34.9 Å². The summed E-state index contributed by atoms with van der Waals surface area (Å²) in [5, 5.41) is 0. The summed E-state index contributed by atoms with van der Waals surface area (Å²) in [6.07, 6.45) is 4.68. The van der Waals surface area contributed by atoms with Crippen molar-refractivity contribution in [2.24, 2.45) is 5.92 Å². The highest BCUT2D eigenvalue weighted by Crippen LogP contribution is 2.28. The number of piperidine rings is 1. The van der Waals surface area contributed by atoms with E-state index in [4.69, 9.17) is 0 Å². The predicted molar refractivity (Wildman–Crippen MR) is 73.5 cm³/mol. The summed E-state index contributed by atoms with van der Waals surface area (Å²) in [6, 6.07) is 0. The minimum Gasteiger partial charge on any atom is -0.355 e. The molecule has 1 aromatic rings. The van der Waals surface area contributed by atoms with E-state index in [9.17, 15) is 0 Å². The van der Waals surface area contributed by atoms with Crippen molar-refractivity contribution in [3.05, 3.63) is 16.1 Å². The Balaban J connectivity index is 2.15. The number of anilines is 1. The number of rotatable bonds is 1. The summed E-state index contributed by atoms with van der Waals surface area (Å²) in [6.45, 7) is 4.43. The molecule has 1 aliphatic rings. The molecule has 0 amide bonds. The maximum atomic E-state index is 4.35. The number of alkyl halides is 1. The second-order valence-corrected chi connectivity index (χ2v) is 6.26. The first-order valence-corrected chi connectivity index (χ1v) is 7.02. The molecule has 5 heteroatoms. The number of hydrogen-bond acceptors (Lipinski definition) is 3. The van der Waals surface area contributed by atoms with Gasteiger partial charge in [0.05, 0.1) is 3.57 Å². The van der Waals surface area contributed by atoms with Gasteiger partial charge in [-0.3, -0.25) is 0 Å². The molecule has 0 aliphatic carbocycles. The maximum absolute atomic E-state index is 4.35. The second-order valence-electron chi connectivity index (χ2n) is 3.92. The van der Waals surface area contributed by atoms with Crippen LogP contribution in [0.4, 0.5) is 5.82 Å². The number of halogens is 2. The molecule has 2 atom stereocenters. The molecule has 0 saturated carbocycles. The van der Waals surface area contributed by atoms with Crippen LogP contribution in [0, 0.1) is 9.49 Å². The molecular formula is C10H13BrIN3. The molecule has 0 bridgehead atoms. The Morgan fingerprint density at radius 2 is 2.40 bits per heavy atom. The Bertz CT molecular complexity index is 347. The molecule has 0 radical (unpaired) electrons. The first-order chi connectivity index (χ1) is 7.18. The molecule has 0 N–H and O–H groups in total. The van der Waals surface area contributed by atoms with Gasteiger partial charge in [-0.1, -0.05) is 22.9 Å². The Labute approximate surface area is 112 Å². The summed E-state index contributed by atoms with van der Waals surface area (Å²) < 4.78 is 1.13. The van der Waals surface area contributed by atoms with Crippen LogP contribution in [-0.2, 0) is 0 Å².